The van der Waals surface area contributed by atoms with Gasteiger partial charge in [-0.3, -0.25) is 4.79 Å². The number of hydrogen-bond acceptors (Lipinski definition) is 13. The first-order chi connectivity index (χ1) is 25.3. The van der Waals surface area contributed by atoms with E-state index in [4.69, 9.17) is 42.3 Å². The Morgan fingerprint density at radius 3 is 2.09 bits per heavy atom. The SMILES string of the molecule is CO[C@@H]1C[C@@H](O[C@H]2[C@H](C)O[C@H](O[C@H]3[C@@H](O)C[C@H](O[C@@H]4CC5=CCC6C(=O)[C@@H](c7ccoc7C)CC[C@@H]6[C@@]5(C)C[C@H]4O)O[C@@H]3C)C[C@H]2OC)O[C@H](C)[C@H]1O. The summed E-state index contributed by atoms with van der Waals surface area (Å²) in [7, 11) is 3.18. The molecule has 0 radical (unpaired) electrons. The standard InChI is InChI=1S/C40H60O13/c1-19-24(12-13-47-19)25-10-11-27-26(37(25)44)9-8-23-14-30(29(42)18-40(23,27)5)51-33-15-28(41)38(21(3)49-33)52-35-17-32(46-7)39(22(4)50-35)53-34-16-31(45-6)36(43)20(2)48-34/h8,12-13,20-22,25-36,38-39,41-43H,9-11,14-18H2,1-7H3/t20-,21-,22+,25-,26?,27+,28+,29-,30-,31-,32-,33+,34-,35-,36-,38-,39+,40+/m1/s1. The molecule has 1 unspecified atom stereocenters. The van der Waals surface area contributed by atoms with Crippen LogP contribution >= 0.6 is 0 Å². The summed E-state index contributed by atoms with van der Waals surface area (Å²) in [6.45, 7) is 9.64. The number of ether oxygens (including phenoxy) is 8. The number of aliphatic hydroxyl groups excluding tert-OH is 3. The summed E-state index contributed by atoms with van der Waals surface area (Å²) in [5, 5.41) is 33.2. The molecule has 3 aliphatic carbocycles. The van der Waals surface area contributed by atoms with E-state index in [1.807, 2.05) is 26.8 Å². The van der Waals surface area contributed by atoms with Crippen LogP contribution in [0.3, 0.4) is 0 Å². The van der Waals surface area contributed by atoms with E-state index in [9.17, 15) is 20.1 Å². The second-order valence-corrected chi connectivity index (χ2v) is 16.5. The molecule has 0 spiro atoms. The van der Waals surface area contributed by atoms with Crippen molar-refractivity contribution in [2.45, 2.75) is 178 Å². The van der Waals surface area contributed by atoms with Gasteiger partial charge in [-0.25, -0.2) is 0 Å². The number of rotatable bonds is 9. The number of furan rings is 1. The molecule has 5 fully saturated rings. The average Bonchev–Trinajstić information content (AvgIpc) is 3.54. The maximum Gasteiger partial charge on any atom is 0.161 e. The lowest BCUT2D eigenvalue weighted by atomic mass is 9.51. The number of aryl methyl sites for hydroxylation is 1. The maximum absolute atomic E-state index is 13.8. The molecule has 7 rings (SSSR count). The van der Waals surface area contributed by atoms with Gasteiger partial charge in [-0.2, -0.15) is 0 Å². The molecule has 3 aliphatic heterocycles. The lowest BCUT2D eigenvalue weighted by Crippen LogP contribution is -2.57. The van der Waals surface area contributed by atoms with Crippen LogP contribution in [0.2, 0.25) is 0 Å². The number of carbonyl (C=O) groups excluding carboxylic acids is 1. The fraction of sp³-hybridized carbons (Fsp3) is 0.825. The molecule has 4 heterocycles. The molecule has 13 nitrogen and oxygen atoms in total. The van der Waals surface area contributed by atoms with Gasteiger partial charge in [0.15, 0.2) is 18.9 Å². The molecule has 3 N–H and O–H groups in total. The molecule has 1 aromatic heterocycles. The number of carbonyl (C=O) groups is 1. The highest BCUT2D eigenvalue weighted by atomic mass is 16.7. The number of aliphatic hydroxyl groups is 3. The minimum atomic E-state index is -0.895. The second-order valence-electron chi connectivity index (χ2n) is 16.5. The third-order valence-corrected chi connectivity index (χ3v) is 13.4. The molecule has 1 aromatic rings. The number of methoxy groups -OCH3 is 2. The molecular weight excluding hydrogens is 688 g/mol. The summed E-state index contributed by atoms with van der Waals surface area (Å²) in [6, 6.07) is 1.93. The van der Waals surface area contributed by atoms with Gasteiger partial charge in [0.05, 0.1) is 55.1 Å². The summed E-state index contributed by atoms with van der Waals surface area (Å²) in [5.41, 5.74) is 1.96. The zero-order valence-electron chi connectivity index (χ0n) is 32.1. The molecule has 0 amide bonds. The van der Waals surface area contributed by atoms with E-state index in [0.29, 0.717) is 32.1 Å². The monoisotopic (exact) mass is 748 g/mol. The molecule has 18 atom stereocenters. The van der Waals surface area contributed by atoms with Crippen LogP contribution in [0.5, 0.6) is 0 Å². The van der Waals surface area contributed by atoms with Crippen LogP contribution in [0.1, 0.15) is 96.3 Å². The van der Waals surface area contributed by atoms with E-state index >= 15 is 0 Å². The van der Waals surface area contributed by atoms with Gasteiger partial charge in [-0.1, -0.05) is 18.6 Å². The molecule has 2 saturated carbocycles. The zero-order valence-corrected chi connectivity index (χ0v) is 32.1. The van der Waals surface area contributed by atoms with Crippen molar-refractivity contribution in [1.82, 2.24) is 0 Å². The van der Waals surface area contributed by atoms with Crippen molar-refractivity contribution in [2.24, 2.45) is 17.3 Å². The Morgan fingerprint density at radius 2 is 1.43 bits per heavy atom. The number of allylic oxidation sites excluding steroid dienone is 1. The van der Waals surface area contributed by atoms with E-state index in [1.165, 1.54) is 5.57 Å². The Morgan fingerprint density at radius 1 is 0.792 bits per heavy atom. The highest BCUT2D eigenvalue weighted by molar-refractivity contribution is 5.89. The van der Waals surface area contributed by atoms with Gasteiger partial charge in [0, 0.05) is 50.9 Å². The molecule has 6 aliphatic rings. The zero-order chi connectivity index (χ0) is 37.8. The first-order valence-electron chi connectivity index (χ1n) is 19.6. The van der Waals surface area contributed by atoms with Gasteiger partial charge in [-0.05, 0) is 77.2 Å². The maximum atomic E-state index is 13.8. The van der Waals surface area contributed by atoms with Gasteiger partial charge < -0.3 is 57.6 Å². The molecule has 13 heteroatoms. The van der Waals surface area contributed by atoms with Gasteiger partial charge in [-0.15, -0.1) is 0 Å². The number of ketones is 1. The van der Waals surface area contributed by atoms with Crippen molar-refractivity contribution in [2.75, 3.05) is 14.2 Å². The smallest absolute Gasteiger partial charge is 0.161 e. The van der Waals surface area contributed by atoms with E-state index in [0.717, 1.165) is 24.2 Å². The molecule has 53 heavy (non-hydrogen) atoms. The Balaban J connectivity index is 0.925. The Hall–Kier alpha value is -1.75. The van der Waals surface area contributed by atoms with E-state index < -0.39 is 79.9 Å². The van der Waals surface area contributed by atoms with Gasteiger partial charge in [0.1, 0.15) is 29.9 Å². The highest BCUT2D eigenvalue weighted by Crippen LogP contribution is 2.58. The highest BCUT2D eigenvalue weighted by Gasteiger charge is 2.55. The third-order valence-electron chi connectivity index (χ3n) is 13.4. The van der Waals surface area contributed by atoms with Crippen LogP contribution in [0.15, 0.2) is 28.4 Å². The average molecular weight is 749 g/mol. The van der Waals surface area contributed by atoms with E-state index in [-0.39, 0.29) is 41.5 Å². The van der Waals surface area contributed by atoms with Crippen LogP contribution in [0.25, 0.3) is 0 Å². The summed E-state index contributed by atoms with van der Waals surface area (Å²) < 4.78 is 54.3. The van der Waals surface area contributed by atoms with Crippen molar-refractivity contribution < 1.29 is 62.4 Å². The fourth-order valence-electron chi connectivity index (χ4n) is 10.3. The number of hydrogen-bond donors (Lipinski definition) is 3. The quantitative estimate of drug-likeness (QED) is 0.310. The van der Waals surface area contributed by atoms with Crippen molar-refractivity contribution >= 4 is 5.78 Å². The lowest BCUT2D eigenvalue weighted by Gasteiger charge is -2.54. The predicted molar refractivity (Wildman–Crippen MR) is 189 cm³/mol. The molecular formula is C40H60O13. The van der Waals surface area contributed by atoms with Crippen LogP contribution in [0.4, 0.5) is 0 Å². The lowest BCUT2D eigenvalue weighted by molar-refractivity contribution is -0.338. The topological polar surface area (TPSA) is 165 Å². The first kappa shape index (κ1) is 39.5. The molecule has 3 saturated heterocycles. The summed E-state index contributed by atoms with van der Waals surface area (Å²) in [5.74, 6) is 1.07. The summed E-state index contributed by atoms with van der Waals surface area (Å²) in [4.78, 5) is 13.8. The van der Waals surface area contributed by atoms with Gasteiger partial charge in [0.2, 0.25) is 0 Å². The van der Waals surface area contributed by atoms with Crippen LogP contribution in [0, 0.1) is 24.2 Å². The predicted octanol–water partition coefficient (Wildman–Crippen LogP) is 4.07. The molecule has 298 valence electrons. The van der Waals surface area contributed by atoms with E-state index in [2.05, 4.69) is 13.0 Å². The number of fused-ring (bicyclic) bond motifs is 3. The fourth-order valence-corrected chi connectivity index (χ4v) is 10.3. The van der Waals surface area contributed by atoms with Gasteiger partial charge in [0.25, 0.3) is 0 Å². The molecule has 0 bridgehead atoms. The normalized spacial score (nSPS) is 47.8. The Kier molecular flexibility index (Phi) is 11.9. The Bertz CT molecular complexity index is 1430. The van der Waals surface area contributed by atoms with Crippen LogP contribution in [-0.4, -0.2) is 121 Å². The van der Waals surface area contributed by atoms with Crippen molar-refractivity contribution in [1.29, 1.82) is 0 Å². The van der Waals surface area contributed by atoms with Crippen LogP contribution < -0.4 is 0 Å². The van der Waals surface area contributed by atoms with Crippen LogP contribution in [-0.2, 0) is 42.7 Å². The van der Waals surface area contributed by atoms with Crippen molar-refractivity contribution in [3.63, 3.8) is 0 Å². The number of Topliss-reactive ketones (excluding diaryl/α,β-unsaturated/α-hetero) is 1. The summed E-state index contributed by atoms with van der Waals surface area (Å²) in [6.07, 6.45) is 0.0827. The summed E-state index contributed by atoms with van der Waals surface area (Å²) >= 11 is 0. The Labute approximate surface area is 312 Å². The minimum Gasteiger partial charge on any atom is -0.469 e. The van der Waals surface area contributed by atoms with Gasteiger partial charge >= 0.3 is 0 Å². The second kappa shape index (κ2) is 16.0. The van der Waals surface area contributed by atoms with E-state index in [1.54, 1.807) is 27.4 Å². The largest absolute Gasteiger partial charge is 0.469 e. The molecule has 0 aromatic carbocycles. The van der Waals surface area contributed by atoms with Crippen molar-refractivity contribution in [3.05, 3.63) is 35.3 Å². The first-order valence-corrected chi connectivity index (χ1v) is 19.6. The van der Waals surface area contributed by atoms with Crippen molar-refractivity contribution in [3.8, 4) is 0 Å². The minimum absolute atomic E-state index is 0.0711. The third kappa shape index (κ3) is 7.70.